The maximum absolute atomic E-state index is 16.0. The molecule has 194 valence electrons. The molecule has 0 unspecified atom stereocenters. The monoisotopic (exact) mass is 520 g/mol. The van der Waals surface area contributed by atoms with Crippen molar-refractivity contribution in [3.8, 4) is 34.0 Å². The number of carbonyl (C=O) groups excluding carboxylic acids is 1. The second kappa shape index (κ2) is 9.36. The molecule has 6 rings (SSSR count). The highest BCUT2D eigenvalue weighted by Crippen LogP contribution is 2.46. The fourth-order valence-corrected chi connectivity index (χ4v) is 4.88. The highest BCUT2D eigenvalue weighted by molar-refractivity contribution is 6.09. The van der Waals surface area contributed by atoms with Gasteiger partial charge >= 0.3 is 0 Å². The highest BCUT2D eigenvalue weighted by atomic mass is 19.1. The molecule has 0 bridgehead atoms. The zero-order chi connectivity index (χ0) is 27.3. The largest absolute Gasteiger partial charge is 0.436 e. The minimum absolute atomic E-state index is 0.0945. The third-order valence-electron chi connectivity index (χ3n) is 6.76. The first-order chi connectivity index (χ1) is 18.8. The molecule has 39 heavy (non-hydrogen) atoms. The summed E-state index contributed by atoms with van der Waals surface area (Å²) in [4.78, 5) is 25.4. The van der Waals surface area contributed by atoms with Crippen LogP contribution in [0.5, 0.6) is 11.6 Å². The summed E-state index contributed by atoms with van der Waals surface area (Å²) in [5.41, 5.74) is 6.29. The van der Waals surface area contributed by atoms with Crippen LogP contribution in [0.2, 0.25) is 0 Å². The number of anilines is 2. The van der Waals surface area contributed by atoms with Gasteiger partial charge in [0.25, 0.3) is 5.91 Å². The number of nitrogens with zero attached hydrogens (tertiary/aromatic N) is 4. The predicted octanol–water partition coefficient (Wildman–Crippen LogP) is 6.38. The summed E-state index contributed by atoms with van der Waals surface area (Å²) in [6, 6.07) is 16.4. The Hall–Kier alpha value is -5.05. The molecular formula is C30H25FN6O2. The quantitative estimate of drug-likeness (QED) is 0.261. The molecule has 3 aromatic heterocycles. The minimum atomic E-state index is -0.468. The van der Waals surface area contributed by atoms with Crippen LogP contribution < -0.4 is 15.4 Å². The molecule has 1 aliphatic rings. The van der Waals surface area contributed by atoms with Crippen LogP contribution in [0.1, 0.15) is 18.2 Å². The van der Waals surface area contributed by atoms with E-state index in [0.29, 0.717) is 28.5 Å². The molecule has 8 nitrogen and oxygen atoms in total. The van der Waals surface area contributed by atoms with Crippen molar-refractivity contribution >= 4 is 28.4 Å². The number of aromatic nitrogens is 4. The lowest BCUT2D eigenvalue weighted by Gasteiger charge is -2.15. The van der Waals surface area contributed by atoms with E-state index < -0.39 is 5.82 Å². The van der Waals surface area contributed by atoms with Gasteiger partial charge in [-0.25, -0.2) is 19.3 Å². The lowest BCUT2D eigenvalue weighted by molar-refractivity contribution is -0.112. The maximum Gasteiger partial charge on any atom is 0.250 e. The smallest absolute Gasteiger partial charge is 0.250 e. The van der Waals surface area contributed by atoms with Gasteiger partial charge in [0.2, 0.25) is 5.88 Å². The van der Waals surface area contributed by atoms with Gasteiger partial charge in [-0.05, 0) is 49.2 Å². The summed E-state index contributed by atoms with van der Waals surface area (Å²) in [6.07, 6.45) is 1.50. The molecule has 2 N–H and O–H groups in total. The van der Waals surface area contributed by atoms with Crippen LogP contribution in [0.4, 0.5) is 15.9 Å². The number of pyridine rings is 1. The van der Waals surface area contributed by atoms with Gasteiger partial charge in [0.05, 0.1) is 11.1 Å². The van der Waals surface area contributed by atoms with Gasteiger partial charge in [-0.3, -0.25) is 4.79 Å². The average molecular weight is 521 g/mol. The van der Waals surface area contributed by atoms with E-state index in [0.717, 1.165) is 39.1 Å². The van der Waals surface area contributed by atoms with Crippen molar-refractivity contribution in [1.29, 1.82) is 0 Å². The number of amides is 1. The first kappa shape index (κ1) is 24.3. The second-order valence-electron chi connectivity index (χ2n) is 9.49. The normalized spacial score (nSPS) is 11.9. The first-order valence-corrected chi connectivity index (χ1v) is 12.4. The molecule has 1 amide bonds. The summed E-state index contributed by atoms with van der Waals surface area (Å²) in [6.45, 7) is 7.41. The molecule has 0 aliphatic carbocycles. The molecule has 0 atom stereocenters. The van der Waals surface area contributed by atoms with Gasteiger partial charge in [0, 0.05) is 47.7 Å². The van der Waals surface area contributed by atoms with Crippen LogP contribution in [0.25, 0.3) is 33.4 Å². The van der Waals surface area contributed by atoms with E-state index >= 15 is 4.39 Å². The Morgan fingerprint density at radius 3 is 2.67 bits per heavy atom. The minimum Gasteiger partial charge on any atom is -0.436 e. The molecule has 4 heterocycles. The molecule has 0 spiro atoms. The van der Waals surface area contributed by atoms with Gasteiger partial charge in [-0.2, -0.15) is 0 Å². The van der Waals surface area contributed by atoms with E-state index in [4.69, 9.17) is 4.74 Å². The van der Waals surface area contributed by atoms with E-state index in [-0.39, 0.29) is 18.2 Å². The number of rotatable bonds is 5. The Bertz CT molecular complexity index is 1790. The Labute approximate surface area is 224 Å². The Morgan fingerprint density at radius 2 is 1.92 bits per heavy atom. The highest BCUT2D eigenvalue weighted by Gasteiger charge is 2.29. The van der Waals surface area contributed by atoms with Crippen molar-refractivity contribution in [3.63, 3.8) is 0 Å². The molecule has 0 fully saturated rings. The zero-order valence-corrected chi connectivity index (χ0v) is 21.7. The van der Waals surface area contributed by atoms with Gasteiger partial charge < -0.3 is 19.9 Å². The maximum atomic E-state index is 16.0. The third kappa shape index (κ3) is 4.17. The molecule has 2 aromatic carbocycles. The SMILES string of the molecule is C=C(C)C(=O)Nc1ccc(-c2c3c4c(ncnc4n2C)NCc2c-3ccc(Oc3cccc(C)n3)c2F)cc1. The fourth-order valence-electron chi connectivity index (χ4n) is 4.88. The van der Waals surface area contributed by atoms with Gasteiger partial charge in [-0.15, -0.1) is 0 Å². The number of hydrogen-bond donors (Lipinski definition) is 2. The number of ether oxygens (including phenoxy) is 1. The summed E-state index contributed by atoms with van der Waals surface area (Å²) in [5.74, 6) is 0.335. The van der Waals surface area contributed by atoms with Crippen LogP contribution in [-0.4, -0.2) is 25.4 Å². The summed E-state index contributed by atoms with van der Waals surface area (Å²) in [5, 5.41) is 6.92. The summed E-state index contributed by atoms with van der Waals surface area (Å²) < 4.78 is 23.8. The average Bonchev–Trinajstić information content (AvgIpc) is 3.11. The molecule has 9 heteroatoms. The van der Waals surface area contributed by atoms with Gasteiger partial charge in [0.15, 0.2) is 11.6 Å². The molecule has 0 saturated carbocycles. The third-order valence-corrected chi connectivity index (χ3v) is 6.76. The zero-order valence-electron chi connectivity index (χ0n) is 21.7. The number of hydrogen-bond acceptors (Lipinski definition) is 6. The predicted molar refractivity (Wildman–Crippen MR) is 149 cm³/mol. The molecule has 1 aliphatic heterocycles. The molecule has 0 saturated heterocycles. The number of benzene rings is 2. The van der Waals surface area contributed by atoms with E-state index in [1.807, 2.05) is 61.0 Å². The van der Waals surface area contributed by atoms with Crippen molar-refractivity contribution in [2.24, 2.45) is 7.05 Å². The van der Waals surface area contributed by atoms with Crippen molar-refractivity contribution < 1.29 is 13.9 Å². The van der Waals surface area contributed by atoms with Crippen molar-refractivity contribution in [2.45, 2.75) is 20.4 Å². The van der Waals surface area contributed by atoms with Gasteiger partial charge in [-0.1, -0.05) is 30.8 Å². The number of fused-ring (bicyclic) bond motifs is 2. The van der Waals surface area contributed by atoms with Crippen LogP contribution in [0.15, 0.2) is 73.1 Å². The number of nitrogens with one attached hydrogen (secondary N) is 2. The van der Waals surface area contributed by atoms with E-state index in [1.165, 1.54) is 6.33 Å². The Balaban J connectivity index is 1.50. The van der Waals surface area contributed by atoms with Crippen LogP contribution in [-0.2, 0) is 18.4 Å². The Kier molecular flexibility index (Phi) is 5.83. The van der Waals surface area contributed by atoms with E-state index in [9.17, 15) is 4.79 Å². The molecule has 0 radical (unpaired) electrons. The van der Waals surface area contributed by atoms with E-state index in [1.54, 1.807) is 19.1 Å². The number of carbonyl (C=O) groups is 1. The summed E-state index contributed by atoms with van der Waals surface area (Å²) >= 11 is 0. The lowest BCUT2D eigenvalue weighted by Crippen LogP contribution is -2.11. The van der Waals surface area contributed by atoms with Crippen LogP contribution in [0.3, 0.4) is 0 Å². The number of aryl methyl sites for hydroxylation is 2. The first-order valence-electron chi connectivity index (χ1n) is 12.4. The van der Waals surface area contributed by atoms with Crippen molar-refractivity contribution in [2.75, 3.05) is 10.6 Å². The van der Waals surface area contributed by atoms with Crippen LogP contribution in [0, 0.1) is 12.7 Å². The molecule has 5 aromatic rings. The topological polar surface area (TPSA) is 94.0 Å². The Morgan fingerprint density at radius 1 is 1.13 bits per heavy atom. The van der Waals surface area contributed by atoms with E-state index in [2.05, 4.69) is 32.2 Å². The summed E-state index contributed by atoms with van der Waals surface area (Å²) in [7, 11) is 1.92. The number of halogens is 1. The van der Waals surface area contributed by atoms with Crippen molar-refractivity contribution in [3.05, 3.63) is 90.2 Å². The lowest BCUT2D eigenvalue weighted by atomic mass is 9.95. The fraction of sp³-hybridized carbons (Fsp3) is 0.133. The second-order valence-corrected chi connectivity index (χ2v) is 9.49. The van der Waals surface area contributed by atoms with Crippen molar-refractivity contribution in [1.82, 2.24) is 19.5 Å². The standard InChI is InChI=1S/C30H25FN6O2/c1-16(2)30(38)36-19-10-8-18(9-11-19)27-24-20-12-13-22(39-23-7-5-6-17(3)35-23)26(31)21(20)14-32-28-25(24)29(37(27)4)34-15-33-28/h5-13,15H,1,14H2,2-4H3,(H,36,38)(H,32,33,34). The molecular weight excluding hydrogens is 495 g/mol. The van der Waals surface area contributed by atoms with Gasteiger partial charge in [0.1, 0.15) is 17.8 Å². The van der Waals surface area contributed by atoms with Crippen LogP contribution >= 0.6 is 0 Å².